The number of unbranched alkanes of at least 4 members (excludes halogenated alkanes) is 1. The number of amides is 1. The first-order valence-corrected chi connectivity index (χ1v) is 13.2. The Morgan fingerprint density at radius 2 is 1.76 bits per heavy atom. The van der Waals surface area contributed by atoms with Crippen molar-refractivity contribution in [3.05, 3.63) is 64.2 Å². The van der Waals surface area contributed by atoms with Crippen LogP contribution >= 0.6 is 0 Å². The summed E-state index contributed by atoms with van der Waals surface area (Å²) in [5, 5.41) is 11.5. The lowest BCUT2D eigenvalue weighted by atomic mass is 9.93. The summed E-state index contributed by atoms with van der Waals surface area (Å²) in [7, 11) is 1.57. The van der Waals surface area contributed by atoms with E-state index in [-0.39, 0.29) is 11.3 Å². The molecule has 200 valence electrons. The highest BCUT2D eigenvalue weighted by Gasteiger charge is 2.46. The Hall–Kier alpha value is -3.32. The Balaban J connectivity index is 2.14. The van der Waals surface area contributed by atoms with Gasteiger partial charge in [-0.2, -0.15) is 0 Å². The second-order valence-corrected chi connectivity index (χ2v) is 9.45. The standard InChI is InChI=1S/C30H40N2O5/c1-7-10-17-37-24-14-13-22(19-25(24)36-6)27-26(28(33)23-18-20(4)11-12-21(23)5)29(34)30(35)32(27)16-15-31(8-2)9-3/h11-14,18-19,27,33H,7-10,15-17H2,1-6H3/b28-26+. The number of hydrogen-bond acceptors (Lipinski definition) is 6. The van der Waals surface area contributed by atoms with Crippen LogP contribution in [-0.4, -0.2) is 66.5 Å². The van der Waals surface area contributed by atoms with Gasteiger partial charge in [0.2, 0.25) is 0 Å². The molecule has 0 aromatic heterocycles. The predicted molar refractivity (Wildman–Crippen MR) is 146 cm³/mol. The van der Waals surface area contributed by atoms with E-state index in [0.29, 0.717) is 42.3 Å². The Bertz CT molecular complexity index is 1150. The Morgan fingerprint density at radius 1 is 1.03 bits per heavy atom. The third-order valence-electron chi connectivity index (χ3n) is 7.00. The van der Waals surface area contributed by atoms with E-state index >= 15 is 0 Å². The fraction of sp³-hybridized carbons (Fsp3) is 0.467. The SMILES string of the molecule is CCCCOc1ccc(C2/C(=C(\O)c3cc(C)ccc3C)C(=O)C(=O)N2CCN(CC)CC)cc1OC. The molecule has 0 spiro atoms. The number of carbonyl (C=O) groups excluding carboxylic acids is 2. The van der Waals surface area contributed by atoms with E-state index in [4.69, 9.17) is 9.47 Å². The van der Waals surface area contributed by atoms with Gasteiger partial charge in [0, 0.05) is 18.7 Å². The number of benzene rings is 2. The van der Waals surface area contributed by atoms with E-state index < -0.39 is 17.7 Å². The maximum Gasteiger partial charge on any atom is 0.295 e. The molecular weight excluding hydrogens is 468 g/mol. The Kier molecular flexibility index (Phi) is 9.75. The van der Waals surface area contributed by atoms with Crippen molar-refractivity contribution in [2.75, 3.05) is 39.9 Å². The normalized spacial score (nSPS) is 17.1. The smallest absolute Gasteiger partial charge is 0.295 e. The van der Waals surface area contributed by atoms with Gasteiger partial charge in [0.05, 0.1) is 25.3 Å². The van der Waals surface area contributed by atoms with Crippen LogP contribution in [0.3, 0.4) is 0 Å². The van der Waals surface area contributed by atoms with Gasteiger partial charge in [-0.15, -0.1) is 0 Å². The zero-order valence-electron chi connectivity index (χ0n) is 23.0. The van der Waals surface area contributed by atoms with Crippen molar-refractivity contribution in [1.82, 2.24) is 9.80 Å². The van der Waals surface area contributed by atoms with Gasteiger partial charge in [-0.25, -0.2) is 0 Å². The summed E-state index contributed by atoms with van der Waals surface area (Å²) in [4.78, 5) is 30.5. The topological polar surface area (TPSA) is 79.3 Å². The maximum atomic E-state index is 13.4. The molecule has 1 heterocycles. The van der Waals surface area contributed by atoms with Crippen LogP contribution < -0.4 is 9.47 Å². The number of aryl methyl sites for hydroxylation is 2. The van der Waals surface area contributed by atoms with E-state index in [0.717, 1.165) is 37.1 Å². The monoisotopic (exact) mass is 508 g/mol. The summed E-state index contributed by atoms with van der Waals surface area (Å²) in [6, 6.07) is 10.4. The number of likely N-dealkylation sites (N-methyl/N-ethyl adjacent to an activating group) is 1. The van der Waals surface area contributed by atoms with Gasteiger partial charge in [-0.3, -0.25) is 9.59 Å². The van der Waals surface area contributed by atoms with Gasteiger partial charge < -0.3 is 24.4 Å². The highest BCUT2D eigenvalue weighted by atomic mass is 16.5. The number of ether oxygens (including phenoxy) is 2. The lowest BCUT2D eigenvalue weighted by molar-refractivity contribution is -0.140. The fourth-order valence-corrected chi connectivity index (χ4v) is 4.68. The van der Waals surface area contributed by atoms with Crippen LogP contribution in [0.25, 0.3) is 5.76 Å². The van der Waals surface area contributed by atoms with Crippen molar-refractivity contribution < 1.29 is 24.2 Å². The molecule has 1 N–H and O–H groups in total. The first-order valence-electron chi connectivity index (χ1n) is 13.2. The molecule has 1 atom stereocenters. The molecule has 0 radical (unpaired) electrons. The first-order chi connectivity index (χ1) is 17.8. The van der Waals surface area contributed by atoms with Crippen LogP contribution in [0, 0.1) is 13.8 Å². The van der Waals surface area contributed by atoms with Crippen molar-refractivity contribution in [3.63, 3.8) is 0 Å². The lowest BCUT2D eigenvalue weighted by Gasteiger charge is -2.28. The molecule has 0 bridgehead atoms. The van der Waals surface area contributed by atoms with Crippen molar-refractivity contribution in [2.24, 2.45) is 0 Å². The molecule has 1 unspecified atom stereocenters. The van der Waals surface area contributed by atoms with Gasteiger partial charge >= 0.3 is 0 Å². The molecular formula is C30H40N2O5. The summed E-state index contributed by atoms with van der Waals surface area (Å²) in [6.07, 6.45) is 1.94. The molecule has 1 saturated heterocycles. The minimum atomic E-state index is -0.742. The summed E-state index contributed by atoms with van der Waals surface area (Å²) < 4.78 is 11.5. The van der Waals surface area contributed by atoms with Crippen molar-refractivity contribution in [2.45, 2.75) is 53.5 Å². The second kappa shape index (κ2) is 12.8. The Morgan fingerprint density at radius 3 is 2.41 bits per heavy atom. The van der Waals surface area contributed by atoms with E-state index in [1.807, 2.05) is 44.2 Å². The van der Waals surface area contributed by atoms with E-state index in [2.05, 4.69) is 25.7 Å². The van der Waals surface area contributed by atoms with Crippen LogP contribution in [0.1, 0.15) is 61.9 Å². The third-order valence-corrected chi connectivity index (χ3v) is 7.00. The quantitative estimate of drug-likeness (QED) is 0.182. The van der Waals surface area contributed by atoms with Crippen molar-refractivity contribution in [1.29, 1.82) is 0 Å². The number of aliphatic hydroxyl groups is 1. The first kappa shape index (κ1) is 28.3. The second-order valence-electron chi connectivity index (χ2n) is 9.45. The van der Waals surface area contributed by atoms with Gasteiger partial charge in [-0.1, -0.05) is 51.0 Å². The molecule has 7 nitrogen and oxygen atoms in total. The highest BCUT2D eigenvalue weighted by Crippen LogP contribution is 2.42. The van der Waals surface area contributed by atoms with E-state index in [1.54, 1.807) is 18.1 Å². The zero-order chi connectivity index (χ0) is 27.1. The van der Waals surface area contributed by atoms with Gasteiger partial charge in [-0.05, 0) is 62.7 Å². The minimum Gasteiger partial charge on any atom is -0.507 e. The molecule has 0 saturated carbocycles. The number of Topliss-reactive ketones (excluding diaryl/α,β-unsaturated/α-hetero) is 1. The average Bonchev–Trinajstić information content (AvgIpc) is 3.15. The summed E-state index contributed by atoms with van der Waals surface area (Å²) in [5.74, 6) is -0.308. The summed E-state index contributed by atoms with van der Waals surface area (Å²) in [5.41, 5.74) is 3.12. The van der Waals surface area contributed by atoms with E-state index in [9.17, 15) is 14.7 Å². The average molecular weight is 509 g/mol. The van der Waals surface area contributed by atoms with Gasteiger partial charge in [0.15, 0.2) is 11.5 Å². The third kappa shape index (κ3) is 6.16. The minimum absolute atomic E-state index is 0.0972. The zero-order valence-corrected chi connectivity index (χ0v) is 23.0. The molecule has 0 aliphatic carbocycles. The Labute approximate surface area is 220 Å². The molecule has 1 aliphatic rings. The predicted octanol–water partition coefficient (Wildman–Crippen LogP) is 5.25. The van der Waals surface area contributed by atoms with Gasteiger partial charge in [0.25, 0.3) is 11.7 Å². The van der Waals surface area contributed by atoms with Crippen LogP contribution in [0.4, 0.5) is 0 Å². The van der Waals surface area contributed by atoms with Crippen molar-refractivity contribution >= 4 is 17.4 Å². The number of carbonyl (C=O) groups is 2. The van der Waals surface area contributed by atoms with Crippen LogP contribution in [-0.2, 0) is 9.59 Å². The van der Waals surface area contributed by atoms with Crippen LogP contribution in [0.5, 0.6) is 11.5 Å². The number of ketones is 1. The van der Waals surface area contributed by atoms with Crippen molar-refractivity contribution in [3.8, 4) is 11.5 Å². The van der Waals surface area contributed by atoms with E-state index in [1.165, 1.54) is 0 Å². The molecule has 1 amide bonds. The van der Waals surface area contributed by atoms with Crippen LogP contribution in [0.2, 0.25) is 0 Å². The number of likely N-dealkylation sites (tertiary alicyclic amines) is 1. The number of methoxy groups -OCH3 is 1. The number of rotatable bonds is 12. The molecule has 2 aromatic rings. The largest absolute Gasteiger partial charge is 0.507 e. The summed E-state index contributed by atoms with van der Waals surface area (Å²) in [6.45, 7) is 13.3. The van der Waals surface area contributed by atoms with Crippen LogP contribution in [0.15, 0.2) is 42.0 Å². The number of hydrogen-bond donors (Lipinski definition) is 1. The number of nitrogens with zero attached hydrogens (tertiary/aromatic N) is 2. The molecule has 3 rings (SSSR count). The lowest BCUT2D eigenvalue weighted by Crippen LogP contribution is -2.38. The molecule has 2 aromatic carbocycles. The molecule has 7 heteroatoms. The maximum absolute atomic E-state index is 13.4. The highest BCUT2D eigenvalue weighted by molar-refractivity contribution is 6.46. The molecule has 37 heavy (non-hydrogen) atoms. The molecule has 1 aliphatic heterocycles. The van der Waals surface area contributed by atoms with Gasteiger partial charge in [0.1, 0.15) is 5.76 Å². The molecule has 1 fully saturated rings. The number of aliphatic hydroxyl groups excluding tert-OH is 1. The fourth-order valence-electron chi connectivity index (χ4n) is 4.68. The summed E-state index contributed by atoms with van der Waals surface area (Å²) >= 11 is 0.